The van der Waals surface area contributed by atoms with Gasteiger partial charge < -0.3 is 5.11 Å². The zero-order chi connectivity index (χ0) is 12.8. The molecule has 2 rings (SSSR count). The molecule has 2 heterocycles. The number of hydrogen-bond acceptors (Lipinski definition) is 5. The van der Waals surface area contributed by atoms with E-state index in [1.54, 1.807) is 0 Å². The smallest absolute Gasteiger partial charge is 0.453 e. The standard InChI is InChI=1S/C7H3F3N4O2S/c8-7(9,10)5-12-6-11-2(4(15)16)1-3(17)14(6)13-5/h1,17H,(H,15,16). The Labute approximate surface area is 96.5 Å². The van der Waals surface area contributed by atoms with Crippen LogP contribution >= 0.6 is 12.6 Å². The number of carbonyl (C=O) groups is 1. The molecule has 0 bridgehead atoms. The van der Waals surface area contributed by atoms with Gasteiger partial charge in [0.1, 0.15) is 5.03 Å². The van der Waals surface area contributed by atoms with Crippen molar-refractivity contribution in [3.63, 3.8) is 0 Å². The van der Waals surface area contributed by atoms with Gasteiger partial charge in [-0.1, -0.05) is 0 Å². The fourth-order valence-electron chi connectivity index (χ4n) is 1.08. The molecule has 0 atom stereocenters. The summed E-state index contributed by atoms with van der Waals surface area (Å²) in [5, 5.41) is 11.7. The summed E-state index contributed by atoms with van der Waals surface area (Å²) in [5.41, 5.74) is -0.455. The van der Waals surface area contributed by atoms with Crippen molar-refractivity contribution in [2.24, 2.45) is 0 Å². The minimum absolute atomic E-state index is 0.101. The quantitative estimate of drug-likeness (QED) is 0.596. The van der Waals surface area contributed by atoms with Crippen molar-refractivity contribution in [1.29, 1.82) is 0 Å². The van der Waals surface area contributed by atoms with Crippen LogP contribution in [0.3, 0.4) is 0 Å². The number of aromatic carboxylic acids is 1. The molecule has 90 valence electrons. The monoisotopic (exact) mass is 264 g/mol. The third-order valence-electron chi connectivity index (χ3n) is 1.77. The number of carboxylic acid groups (broad SMARTS) is 1. The second kappa shape index (κ2) is 3.58. The van der Waals surface area contributed by atoms with E-state index in [0.29, 0.717) is 4.52 Å². The van der Waals surface area contributed by atoms with E-state index in [1.165, 1.54) is 0 Å². The first-order valence-corrected chi connectivity index (χ1v) is 4.51. The zero-order valence-electron chi connectivity index (χ0n) is 7.80. The molecule has 17 heavy (non-hydrogen) atoms. The molecule has 0 unspecified atom stereocenters. The van der Waals surface area contributed by atoms with Crippen LogP contribution in [-0.2, 0) is 6.18 Å². The highest BCUT2D eigenvalue weighted by Crippen LogP contribution is 2.26. The molecule has 0 spiro atoms. The van der Waals surface area contributed by atoms with E-state index in [1.807, 2.05) is 0 Å². The maximum Gasteiger partial charge on any atom is 0.453 e. The topological polar surface area (TPSA) is 80.4 Å². The fourth-order valence-corrected chi connectivity index (χ4v) is 1.34. The Hall–Kier alpha value is -1.84. The third kappa shape index (κ3) is 2.02. The fraction of sp³-hybridized carbons (Fsp3) is 0.143. The number of thiol groups is 1. The molecule has 0 saturated heterocycles. The van der Waals surface area contributed by atoms with Crippen LogP contribution in [-0.4, -0.2) is 30.7 Å². The van der Waals surface area contributed by atoms with E-state index in [4.69, 9.17) is 5.11 Å². The maximum absolute atomic E-state index is 12.3. The van der Waals surface area contributed by atoms with Crippen LogP contribution in [0.4, 0.5) is 13.2 Å². The molecular formula is C7H3F3N4O2S. The van der Waals surface area contributed by atoms with Crippen LogP contribution in [0.5, 0.6) is 0 Å². The summed E-state index contributed by atoms with van der Waals surface area (Å²) in [6.07, 6.45) is -4.72. The van der Waals surface area contributed by atoms with Gasteiger partial charge in [0.05, 0.1) is 0 Å². The molecule has 1 N–H and O–H groups in total. The van der Waals surface area contributed by atoms with Crippen LogP contribution in [0, 0.1) is 0 Å². The molecule has 10 heteroatoms. The Morgan fingerprint density at radius 3 is 2.59 bits per heavy atom. The van der Waals surface area contributed by atoms with Gasteiger partial charge in [0.2, 0.25) is 0 Å². The molecule has 0 aliphatic heterocycles. The lowest BCUT2D eigenvalue weighted by Gasteiger charge is -1.98. The minimum Gasteiger partial charge on any atom is -0.477 e. The Kier molecular flexibility index (Phi) is 2.45. The maximum atomic E-state index is 12.3. The van der Waals surface area contributed by atoms with Crippen molar-refractivity contribution in [3.05, 3.63) is 17.6 Å². The van der Waals surface area contributed by atoms with Gasteiger partial charge in [-0.2, -0.15) is 22.7 Å². The zero-order valence-corrected chi connectivity index (χ0v) is 8.70. The van der Waals surface area contributed by atoms with E-state index in [2.05, 4.69) is 27.7 Å². The van der Waals surface area contributed by atoms with E-state index < -0.39 is 29.4 Å². The van der Waals surface area contributed by atoms with Crippen molar-refractivity contribution in [2.45, 2.75) is 11.2 Å². The van der Waals surface area contributed by atoms with Crippen molar-refractivity contribution >= 4 is 24.4 Å². The number of aromatic nitrogens is 4. The highest BCUT2D eigenvalue weighted by molar-refractivity contribution is 7.80. The Morgan fingerprint density at radius 2 is 2.06 bits per heavy atom. The van der Waals surface area contributed by atoms with Gasteiger partial charge in [0, 0.05) is 6.07 Å². The van der Waals surface area contributed by atoms with Gasteiger partial charge in [-0.05, 0) is 0 Å². The number of nitrogens with zero attached hydrogens (tertiary/aromatic N) is 4. The number of carboxylic acids is 1. The Balaban J connectivity index is 2.69. The molecule has 0 saturated carbocycles. The molecule has 0 aliphatic carbocycles. The second-order valence-corrected chi connectivity index (χ2v) is 3.41. The van der Waals surface area contributed by atoms with Gasteiger partial charge in [-0.15, -0.1) is 17.7 Å². The number of fused-ring (bicyclic) bond motifs is 1. The summed E-state index contributed by atoms with van der Waals surface area (Å²) < 4.78 is 37.6. The molecule has 0 radical (unpaired) electrons. The molecule has 0 fully saturated rings. The highest BCUT2D eigenvalue weighted by Gasteiger charge is 2.36. The van der Waals surface area contributed by atoms with Crippen molar-refractivity contribution < 1.29 is 23.1 Å². The minimum atomic E-state index is -4.72. The molecule has 0 amide bonds. The first kappa shape index (κ1) is 11.6. The predicted octanol–water partition coefficient (Wildman–Crippen LogP) is 1.13. The van der Waals surface area contributed by atoms with Crippen LogP contribution in [0.15, 0.2) is 11.1 Å². The molecule has 2 aromatic heterocycles. The molecular weight excluding hydrogens is 261 g/mol. The second-order valence-electron chi connectivity index (χ2n) is 2.95. The first-order valence-electron chi connectivity index (χ1n) is 4.06. The van der Waals surface area contributed by atoms with Gasteiger partial charge >= 0.3 is 12.1 Å². The lowest BCUT2D eigenvalue weighted by atomic mass is 10.4. The molecule has 6 nitrogen and oxygen atoms in total. The number of rotatable bonds is 1. The van der Waals surface area contributed by atoms with Gasteiger partial charge in [-0.25, -0.2) is 9.78 Å². The highest BCUT2D eigenvalue weighted by atomic mass is 32.1. The molecule has 0 aliphatic rings. The average molecular weight is 264 g/mol. The summed E-state index contributed by atoms with van der Waals surface area (Å²) in [6.45, 7) is 0. The van der Waals surface area contributed by atoms with Gasteiger partial charge in [0.25, 0.3) is 11.6 Å². The van der Waals surface area contributed by atoms with Crippen molar-refractivity contribution in [2.75, 3.05) is 0 Å². The number of hydrogen-bond donors (Lipinski definition) is 2. The first-order chi connectivity index (χ1) is 7.79. The van der Waals surface area contributed by atoms with Crippen LogP contribution in [0.25, 0.3) is 5.78 Å². The predicted molar refractivity (Wildman–Crippen MR) is 50.0 cm³/mol. The van der Waals surface area contributed by atoms with Gasteiger partial charge in [-0.3, -0.25) is 0 Å². The number of alkyl halides is 3. The van der Waals surface area contributed by atoms with E-state index in [0.717, 1.165) is 6.07 Å². The largest absolute Gasteiger partial charge is 0.477 e. The summed E-state index contributed by atoms with van der Waals surface area (Å²) in [4.78, 5) is 17.1. The van der Waals surface area contributed by atoms with E-state index in [9.17, 15) is 18.0 Å². The molecule has 2 aromatic rings. The van der Waals surface area contributed by atoms with Crippen molar-refractivity contribution in [1.82, 2.24) is 19.6 Å². The summed E-state index contributed by atoms with van der Waals surface area (Å²) in [6, 6.07) is 0.979. The van der Waals surface area contributed by atoms with E-state index >= 15 is 0 Å². The lowest BCUT2D eigenvalue weighted by Crippen LogP contribution is -2.07. The van der Waals surface area contributed by atoms with E-state index in [-0.39, 0.29) is 5.03 Å². The van der Waals surface area contributed by atoms with Gasteiger partial charge in [0.15, 0.2) is 5.69 Å². The van der Waals surface area contributed by atoms with Crippen molar-refractivity contribution in [3.8, 4) is 0 Å². The Morgan fingerprint density at radius 1 is 1.41 bits per heavy atom. The Bertz CT molecular complexity index is 609. The summed E-state index contributed by atoms with van der Waals surface area (Å²) in [5.74, 6) is -3.26. The summed E-state index contributed by atoms with van der Waals surface area (Å²) in [7, 11) is 0. The number of halogens is 3. The van der Waals surface area contributed by atoms with Crippen LogP contribution in [0.2, 0.25) is 0 Å². The third-order valence-corrected chi connectivity index (χ3v) is 2.08. The van der Waals surface area contributed by atoms with Crippen LogP contribution in [0.1, 0.15) is 16.3 Å². The lowest BCUT2D eigenvalue weighted by molar-refractivity contribution is -0.144. The normalized spacial score (nSPS) is 12.0. The van der Waals surface area contributed by atoms with Crippen LogP contribution < -0.4 is 0 Å². The summed E-state index contributed by atoms with van der Waals surface area (Å²) >= 11 is 3.81. The SMILES string of the molecule is O=C(O)c1cc(S)n2nc(C(F)(F)F)nc2n1. The molecule has 0 aromatic carbocycles. The average Bonchev–Trinajstić information content (AvgIpc) is 2.60.